The Morgan fingerprint density at radius 1 is 1.00 bits per heavy atom. The quantitative estimate of drug-likeness (QED) is 0.492. The molecule has 2 aromatic rings. The molecule has 0 aromatic heterocycles. The van der Waals surface area contributed by atoms with Crippen molar-refractivity contribution in [1.82, 2.24) is 0 Å². The van der Waals surface area contributed by atoms with Crippen molar-refractivity contribution in [2.75, 3.05) is 0 Å². The molecule has 2 aromatic carbocycles. The SMILES string of the molecule is CC(=O)Oc1ccccc1C(=O)Oc1ccc(CCl)cc1. The molecular formula is C16H13ClO4. The third-order valence-corrected chi connectivity index (χ3v) is 2.96. The van der Waals surface area contributed by atoms with E-state index < -0.39 is 11.9 Å². The van der Waals surface area contributed by atoms with Crippen molar-refractivity contribution in [3.63, 3.8) is 0 Å². The number of carbonyl (C=O) groups is 2. The number of carbonyl (C=O) groups excluding carboxylic acids is 2. The van der Waals surface area contributed by atoms with E-state index in [0.717, 1.165) is 5.56 Å². The van der Waals surface area contributed by atoms with Gasteiger partial charge in [-0.1, -0.05) is 24.3 Å². The molecule has 0 amide bonds. The number of esters is 2. The molecular weight excluding hydrogens is 292 g/mol. The molecule has 0 unspecified atom stereocenters. The summed E-state index contributed by atoms with van der Waals surface area (Å²) in [6.45, 7) is 1.27. The van der Waals surface area contributed by atoms with Crippen LogP contribution in [-0.4, -0.2) is 11.9 Å². The van der Waals surface area contributed by atoms with Gasteiger partial charge in [0.15, 0.2) is 0 Å². The van der Waals surface area contributed by atoms with Gasteiger partial charge < -0.3 is 9.47 Å². The summed E-state index contributed by atoms with van der Waals surface area (Å²) in [6, 6.07) is 13.3. The van der Waals surface area contributed by atoms with E-state index in [1.807, 2.05) is 0 Å². The van der Waals surface area contributed by atoms with Crippen LogP contribution in [0, 0.1) is 0 Å². The first-order chi connectivity index (χ1) is 10.1. The number of rotatable bonds is 4. The van der Waals surface area contributed by atoms with Gasteiger partial charge in [-0.3, -0.25) is 4.79 Å². The summed E-state index contributed by atoms with van der Waals surface area (Å²) >= 11 is 5.69. The number of ether oxygens (including phenoxy) is 2. The first-order valence-corrected chi connectivity index (χ1v) is 6.78. The normalized spacial score (nSPS) is 10.0. The molecule has 0 N–H and O–H groups in total. The van der Waals surface area contributed by atoms with Crippen molar-refractivity contribution >= 4 is 23.5 Å². The van der Waals surface area contributed by atoms with E-state index in [-0.39, 0.29) is 11.3 Å². The maximum atomic E-state index is 12.1. The highest BCUT2D eigenvalue weighted by atomic mass is 35.5. The van der Waals surface area contributed by atoms with Gasteiger partial charge >= 0.3 is 11.9 Å². The third kappa shape index (κ3) is 4.07. The minimum absolute atomic E-state index is 0.173. The zero-order valence-corrected chi connectivity index (χ0v) is 12.1. The Morgan fingerprint density at radius 2 is 1.67 bits per heavy atom. The van der Waals surface area contributed by atoms with Gasteiger partial charge in [0, 0.05) is 12.8 Å². The lowest BCUT2D eigenvalue weighted by molar-refractivity contribution is -0.131. The van der Waals surface area contributed by atoms with Crippen molar-refractivity contribution in [2.24, 2.45) is 0 Å². The standard InChI is InChI=1S/C16H13ClO4/c1-11(18)20-15-5-3-2-4-14(15)16(19)21-13-8-6-12(10-17)7-9-13/h2-9H,10H2,1H3. The van der Waals surface area contributed by atoms with Gasteiger partial charge in [-0.2, -0.15) is 0 Å². The molecule has 0 bridgehead atoms. The Hall–Kier alpha value is -2.33. The average Bonchev–Trinajstić information content (AvgIpc) is 2.48. The molecule has 108 valence electrons. The van der Waals surface area contributed by atoms with Crippen molar-refractivity contribution < 1.29 is 19.1 Å². The fraction of sp³-hybridized carbons (Fsp3) is 0.125. The second kappa shape index (κ2) is 6.90. The number of halogens is 1. The predicted molar refractivity (Wildman–Crippen MR) is 78.7 cm³/mol. The Kier molecular flexibility index (Phi) is 4.95. The number of benzene rings is 2. The van der Waals surface area contributed by atoms with E-state index in [1.165, 1.54) is 19.1 Å². The number of alkyl halides is 1. The molecule has 0 radical (unpaired) electrons. The van der Waals surface area contributed by atoms with Crippen molar-refractivity contribution in [3.8, 4) is 11.5 Å². The fourth-order valence-electron chi connectivity index (χ4n) is 1.69. The van der Waals surface area contributed by atoms with Gasteiger partial charge in [0.2, 0.25) is 0 Å². The molecule has 0 saturated heterocycles. The minimum Gasteiger partial charge on any atom is -0.426 e. The maximum absolute atomic E-state index is 12.1. The smallest absolute Gasteiger partial charge is 0.347 e. The summed E-state index contributed by atoms with van der Waals surface area (Å²) in [7, 11) is 0. The highest BCUT2D eigenvalue weighted by Crippen LogP contribution is 2.21. The van der Waals surface area contributed by atoms with Gasteiger partial charge in [0.25, 0.3) is 0 Å². The summed E-state index contributed by atoms with van der Waals surface area (Å²) in [4.78, 5) is 23.2. The predicted octanol–water partition coefficient (Wildman–Crippen LogP) is 3.57. The number of para-hydroxylation sites is 1. The molecule has 0 aliphatic heterocycles. The van der Waals surface area contributed by atoms with Gasteiger partial charge in [0.1, 0.15) is 17.1 Å². The van der Waals surface area contributed by atoms with Crippen molar-refractivity contribution in [3.05, 3.63) is 59.7 Å². The Balaban J connectivity index is 2.17. The molecule has 21 heavy (non-hydrogen) atoms. The lowest BCUT2D eigenvalue weighted by atomic mass is 10.2. The maximum Gasteiger partial charge on any atom is 0.347 e. The molecule has 0 aliphatic carbocycles. The average molecular weight is 305 g/mol. The van der Waals surface area contributed by atoms with Crippen LogP contribution in [0.15, 0.2) is 48.5 Å². The van der Waals surface area contributed by atoms with Crippen LogP contribution >= 0.6 is 11.6 Å². The highest BCUT2D eigenvalue weighted by Gasteiger charge is 2.15. The van der Waals surface area contributed by atoms with E-state index in [9.17, 15) is 9.59 Å². The van der Waals surface area contributed by atoms with Crippen LogP contribution in [-0.2, 0) is 10.7 Å². The van der Waals surface area contributed by atoms with Crippen molar-refractivity contribution in [1.29, 1.82) is 0 Å². The summed E-state index contributed by atoms with van der Waals surface area (Å²) in [5, 5.41) is 0. The molecule has 4 nitrogen and oxygen atoms in total. The molecule has 0 aliphatic rings. The fourth-order valence-corrected chi connectivity index (χ4v) is 1.87. The first kappa shape index (κ1) is 15.1. The van der Waals surface area contributed by atoms with Crippen LogP contribution in [0.4, 0.5) is 0 Å². The lowest BCUT2D eigenvalue weighted by Gasteiger charge is -2.09. The van der Waals surface area contributed by atoms with Crippen molar-refractivity contribution in [2.45, 2.75) is 12.8 Å². The monoisotopic (exact) mass is 304 g/mol. The first-order valence-electron chi connectivity index (χ1n) is 6.24. The Bertz CT molecular complexity index is 650. The van der Waals surface area contributed by atoms with Gasteiger partial charge in [-0.25, -0.2) is 4.79 Å². The molecule has 5 heteroatoms. The summed E-state index contributed by atoms with van der Waals surface area (Å²) < 4.78 is 10.2. The van der Waals surface area contributed by atoms with E-state index >= 15 is 0 Å². The molecule has 0 saturated carbocycles. The third-order valence-electron chi connectivity index (χ3n) is 2.65. The zero-order chi connectivity index (χ0) is 15.2. The van der Waals surface area contributed by atoms with Crippen LogP contribution in [0.25, 0.3) is 0 Å². The molecule has 0 atom stereocenters. The summed E-state index contributed by atoms with van der Waals surface area (Å²) in [5.74, 6) is -0.130. The highest BCUT2D eigenvalue weighted by molar-refractivity contribution is 6.17. The second-order valence-electron chi connectivity index (χ2n) is 4.26. The van der Waals surface area contributed by atoms with Crippen LogP contribution in [0.5, 0.6) is 11.5 Å². The zero-order valence-electron chi connectivity index (χ0n) is 11.3. The van der Waals surface area contributed by atoms with Crippen LogP contribution in [0.3, 0.4) is 0 Å². The van der Waals surface area contributed by atoms with E-state index in [0.29, 0.717) is 11.6 Å². The Labute approximate surface area is 127 Å². The van der Waals surface area contributed by atoms with Crippen LogP contribution in [0.2, 0.25) is 0 Å². The van der Waals surface area contributed by atoms with Crippen LogP contribution < -0.4 is 9.47 Å². The topological polar surface area (TPSA) is 52.6 Å². The molecule has 2 rings (SSSR count). The van der Waals surface area contributed by atoms with Gasteiger partial charge in [-0.15, -0.1) is 11.6 Å². The second-order valence-corrected chi connectivity index (χ2v) is 4.52. The largest absolute Gasteiger partial charge is 0.426 e. The van der Waals surface area contributed by atoms with Gasteiger partial charge in [-0.05, 0) is 29.8 Å². The number of hydrogen-bond donors (Lipinski definition) is 0. The summed E-state index contributed by atoms with van der Waals surface area (Å²) in [6.07, 6.45) is 0. The van der Waals surface area contributed by atoms with E-state index in [4.69, 9.17) is 21.1 Å². The van der Waals surface area contributed by atoms with E-state index in [1.54, 1.807) is 36.4 Å². The minimum atomic E-state index is -0.592. The summed E-state index contributed by atoms with van der Waals surface area (Å²) in [5.41, 5.74) is 1.12. The van der Waals surface area contributed by atoms with E-state index in [2.05, 4.69) is 0 Å². The molecule has 0 fully saturated rings. The lowest BCUT2D eigenvalue weighted by Crippen LogP contribution is -2.12. The molecule has 0 spiro atoms. The van der Waals surface area contributed by atoms with Gasteiger partial charge in [0.05, 0.1) is 0 Å². The Morgan fingerprint density at radius 3 is 2.29 bits per heavy atom. The number of hydrogen-bond acceptors (Lipinski definition) is 4. The molecule has 0 heterocycles. The van der Waals surface area contributed by atoms with Crippen LogP contribution in [0.1, 0.15) is 22.8 Å².